The van der Waals surface area contributed by atoms with E-state index in [0.29, 0.717) is 0 Å². The Morgan fingerprint density at radius 2 is 1.66 bits per heavy atom. The Hall–Kier alpha value is -3.10. The lowest BCUT2D eigenvalue weighted by Gasteiger charge is -2.23. The van der Waals surface area contributed by atoms with Gasteiger partial charge in [0.25, 0.3) is 0 Å². The van der Waals surface area contributed by atoms with Gasteiger partial charge in [0.15, 0.2) is 0 Å². The second kappa shape index (κ2) is 11.0. The topological polar surface area (TPSA) is 120 Å². The van der Waals surface area contributed by atoms with E-state index < -0.39 is 48.0 Å². The Kier molecular flexibility index (Phi) is 9.11. The lowest BCUT2D eigenvalue weighted by atomic mass is 10.1. The van der Waals surface area contributed by atoms with E-state index in [2.05, 4.69) is 15.4 Å². The Morgan fingerprint density at radius 1 is 1.03 bits per heavy atom. The van der Waals surface area contributed by atoms with Crippen molar-refractivity contribution in [2.75, 3.05) is 7.11 Å². The van der Waals surface area contributed by atoms with Crippen molar-refractivity contribution in [3.63, 3.8) is 0 Å². The van der Waals surface area contributed by atoms with E-state index in [1.807, 2.05) is 18.2 Å². The van der Waals surface area contributed by atoms with Gasteiger partial charge in [0.05, 0.1) is 13.5 Å². The van der Waals surface area contributed by atoms with Crippen LogP contribution in [0.25, 0.3) is 0 Å². The maximum absolute atomic E-state index is 12.3. The van der Waals surface area contributed by atoms with E-state index in [9.17, 15) is 19.2 Å². The van der Waals surface area contributed by atoms with Crippen molar-refractivity contribution in [1.29, 1.82) is 0 Å². The third kappa shape index (κ3) is 9.59. The van der Waals surface area contributed by atoms with E-state index in [-0.39, 0.29) is 6.61 Å². The molecule has 9 nitrogen and oxygen atoms in total. The normalized spacial score (nSPS) is 12.9. The van der Waals surface area contributed by atoms with Crippen LogP contribution in [0.3, 0.4) is 0 Å². The number of alkyl carbamates (subject to hydrolysis) is 1. The van der Waals surface area contributed by atoms with Gasteiger partial charge >= 0.3 is 18.0 Å². The van der Waals surface area contributed by atoms with E-state index in [1.54, 1.807) is 32.9 Å². The first-order valence-corrected chi connectivity index (χ1v) is 9.09. The molecule has 1 aromatic rings. The van der Waals surface area contributed by atoms with Crippen LogP contribution in [0.1, 0.15) is 39.7 Å². The van der Waals surface area contributed by atoms with Gasteiger partial charge in [0, 0.05) is 0 Å². The Balaban J connectivity index is 2.57. The van der Waals surface area contributed by atoms with Gasteiger partial charge in [-0.3, -0.25) is 9.59 Å². The molecule has 0 fully saturated rings. The maximum Gasteiger partial charge on any atom is 0.408 e. The summed E-state index contributed by atoms with van der Waals surface area (Å²) in [6.07, 6.45) is -1.20. The van der Waals surface area contributed by atoms with Gasteiger partial charge < -0.3 is 24.8 Å². The predicted octanol–water partition coefficient (Wildman–Crippen LogP) is 1.69. The van der Waals surface area contributed by atoms with Crippen LogP contribution in [-0.2, 0) is 35.2 Å². The van der Waals surface area contributed by atoms with Crippen LogP contribution in [0.4, 0.5) is 4.79 Å². The third-order valence-electron chi connectivity index (χ3n) is 3.53. The van der Waals surface area contributed by atoms with E-state index in [0.717, 1.165) is 12.7 Å². The van der Waals surface area contributed by atoms with Crippen LogP contribution in [0.2, 0.25) is 0 Å². The van der Waals surface area contributed by atoms with Crippen molar-refractivity contribution in [1.82, 2.24) is 10.6 Å². The van der Waals surface area contributed by atoms with Crippen LogP contribution >= 0.6 is 0 Å². The third-order valence-corrected chi connectivity index (χ3v) is 3.53. The number of hydrogen-bond acceptors (Lipinski definition) is 7. The van der Waals surface area contributed by atoms with Crippen molar-refractivity contribution in [3.8, 4) is 0 Å². The number of rotatable bonds is 8. The number of benzene rings is 1. The summed E-state index contributed by atoms with van der Waals surface area (Å²) in [5.74, 6) is -2.15. The first kappa shape index (κ1) is 23.9. The molecule has 0 aromatic heterocycles. The number of methoxy groups -OCH3 is 1. The molecule has 0 aliphatic heterocycles. The number of carbonyl (C=O) groups excluding carboxylic acids is 4. The molecular formula is C20H28N2O7. The SMILES string of the molecule is COC(=O)[C@H](CC(=O)OC(C)(C)C)NC(=O)[C@H](C)NC(=O)OCc1ccccc1. The van der Waals surface area contributed by atoms with Crippen molar-refractivity contribution in [2.45, 2.75) is 58.4 Å². The minimum Gasteiger partial charge on any atom is -0.467 e. The average Bonchev–Trinajstić information content (AvgIpc) is 2.64. The number of esters is 2. The Labute approximate surface area is 170 Å². The summed E-state index contributed by atoms with van der Waals surface area (Å²) < 4.78 is 14.8. The van der Waals surface area contributed by atoms with Crippen LogP contribution in [-0.4, -0.2) is 48.7 Å². The first-order valence-electron chi connectivity index (χ1n) is 9.09. The fourth-order valence-corrected chi connectivity index (χ4v) is 2.19. The summed E-state index contributed by atoms with van der Waals surface area (Å²) in [6.45, 7) is 6.52. The molecule has 2 N–H and O–H groups in total. The van der Waals surface area contributed by atoms with E-state index in [4.69, 9.17) is 9.47 Å². The molecule has 0 saturated carbocycles. The smallest absolute Gasteiger partial charge is 0.408 e. The molecule has 2 atom stereocenters. The lowest BCUT2D eigenvalue weighted by molar-refractivity contribution is -0.159. The zero-order chi connectivity index (χ0) is 22.0. The number of hydrogen-bond donors (Lipinski definition) is 2. The quantitative estimate of drug-likeness (QED) is 0.496. The standard InChI is InChI=1S/C20H28N2O7/c1-13(21-19(26)28-12-14-9-7-6-8-10-14)17(24)22-15(18(25)27-5)11-16(23)29-20(2,3)4/h6-10,13,15H,11-12H2,1-5H3,(H,21,26)(H,22,24)/t13-,15-/m0/s1. The largest absolute Gasteiger partial charge is 0.467 e. The van der Waals surface area contributed by atoms with Crippen LogP contribution in [0.5, 0.6) is 0 Å². The van der Waals surface area contributed by atoms with Crippen molar-refractivity contribution >= 4 is 23.9 Å². The van der Waals surface area contributed by atoms with Gasteiger partial charge in [-0.05, 0) is 33.3 Å². The van der Waals surface area contributed by atoms with Gasteiger partial charge in [-0.25, -0.2) is 9.59 Å². The highest BCUT2D eigenvalue weighted by Gasteiger charge is 2.29. The average molecular weight is 408 g/mol. The predicted molar refractivity (Wildman–Crippen MR) is 104 cm³/mol. The van der Waals surface area contributed by atoms with Crippen LogP contribution in [0.15, 0.2) is 30.3 Å². The maximum atomic E-state index is 12.3. The molecule has 160 valence electrons. The molecule has 0 spiro atoms. The second-order valence-corrected chi connectivity index (χ2v) is 7.30. The molecule has 0 aliphatic rings. The fourth-order valence-electron chi connectivity index (χ4n) is 2.19. The zero-order valence-electron chi connectivity index (χ0n) is 17.3. The van der Waals surface area contributed by atoms with Crippen molar-refractivity contribution < 1.29 is 33.4 Å². The summed E-state index contributed by atoms with van der Waals surface area (Å²) in [4.78, 5) is 48.0. The molecule has 2 amide bonds. The minimum atomic E-state index is -1.24. The number of carbonyl (C=O) groups is 4. The monoisotopic (exact) mass is 408 g/mol. The number of nitrogens with one attached hydrogen (secondary N) is 2. The number of amides is 2. The molecule has 9 heteroatoms. The van der Waals surface area contributed by atoms with Gasteiger partial charge in [0.1, 0.15) is 24.3 Å². The molecule has 1 rings (SSSR count). The lowest BCUT2D eigenvalue weighted by Crippen LogP contribution is -2.51. The highest BCUT2D eigenvalue weighted by Crippen LogP contribution is 2.10. The van der Waals surface area contributed by atoms with Gasteiger partial charge in [0.2, 0.25) is 5.91 Å². The van der Waals surface area contributed by atoms with Crippen molar-refractivity contribution in [3.05, 3.63) is 35.9 Å². The molecule has 0 unspecified atom stereocenters. The molecule has 0 aliphatic carbocycles. The minimum absolute atomic E-state index is 0.0461. The summed E-state index contributed by atoms with van der Waals surface area (Å²) in [6, 6.07) is 6.79. The first-order chi connectivity index (χ1) is 13.5. The summed E-state index contributed by atoms with van der Waals surface area (Å²) in [7, 11) is 1.14. The van der Waals surface area contributed by atoms with E-state index >= 15 is 0 Å². The van der Waals surface area contributed by atoms with Gasteiger partial charge in [-0.2, -0.15) is 0 Å². The fraction of sp³-hybridized carbons (Fsp3) is 0.500. The highest BCUT2D eigenvalue weighted by atomic mass is 16.6. The molecule has 0 bridgehead atoms. The molecule has 0 heterocycles. The van der Waals surface area contributed by atoms with E-state index in [1.165, 1.54) is 6.92 Å². The zero-order valence-corrected chi connectivity index (χ0v) is 17.3. The summed E-state index contributed by atoms with van der Waals surface area (Å²) in [5, 5.41) is 4.74. The van der Waals surface area contributed by atoms with Gasteiger partial charge in [-0.15, -0.1) is 0 Å². The van der Waals surface area contributed by atoms with Crippen LogP contribution in [0, 0.1) is 0 Å². The van der Waals surface area contributed by atoms with Crippen LogP contribution < -0.4 is 10.6 Å². The molecule has 1 aromatic carbocycles. The molecular weight excluding hydrogens is 380 g/mol. The number of ether oxygens (including phenoxy) is 3. The second-order valence-electron chi connectivity index (χ2n) is 7.30. The van der Waals surface area contributed by atoms with Gasteiger partial charge in [-0.1, -0.05) is 30.3 Å². The molecule has 29 heavy (non-hydrogen) atoms. The Bertz CT molecular complexity index is 713. The van der Waals surface area contributed by atoms with Crippen molar-refractivity contribution in [2.24, 2.45) is 0 Å². The highest BCUT2D eigenvalue weighted by molar-refractivity contribution is 5.91. The summed E-state index contributed by atoms with van der Waals surface area (Å²) in [5.41, 5.74) is 0.0573. The summed E-state index contributed by atoms with van der Waals surface area (Å²) >= 11 is 0. The Morgan fingerprint density at radius 3 is 2.21 bits per heavy atom. The molecule has 0 saturated heterocycles. The molecule has 0 radical (unpaired) electrons.